The molecule has 1 aliphatic heterocycles. The maximum absolute atomic E-state index is 15.9. The van der Waals surface area contributed by atoms with Crippen molar-refractivity contribution in [2.45, 2.75) is 43.4 Å². The molecule has 3 aromatic carbocycles. The molecule has 0 aliphatic carbocycles. The predicted molar refractivity (Wildman–Crippen MR) is 185 cm³/mol. The number of likely N-dealkylation sites (tertiary alicyclic amines) is 1. The number of fused-ring (bicyclic) bond motifs is 1. The molecule has 1 aromatic heterocycles. The number of nitrogen functional groups attached to an aromatic ring is 1. The van der Waals surface area contributed by atoms with Crippen molar-refractivity contribution in [3.63, 3.8) is 0 Å². The Morgan fingerprint density at radius 3 is 2.34 bits per heavy atom. The standard InChI is InChI=1S/C33H35FN4O7S.C2HF3O2/c1-4-45-27-17-24(25(34)18-26(27)44-3)29(37-20-10-11-21-19(16-20)12-14-36-31(21)35)32(39)38-15-13-23(33(40)41)30(38)22-8-6-7-9-28(22)46(42,43)5-2;3-2(4,5)1(6)7/h6-12,14,16-18,23,29-30,37H,4-5,13,15H2,1-3H3,(H2,35,36)(H,40,41);(H,6,7)/t23?,29-,30?;/m1./s1. The first-order valence-electron chi connectivity index (χ1n) is 16.0. The molecule has 0 radical (unpaired) electrons. The first-order chi connectivity index (χ1) is 24.9. The third kappa shape index (κ3) is 8.88. The van der Waals surface area contributed by atoms with Crippen molar-refractivity contribution >= 4 is 50.0 Å². The monoisotopic (exact) mass is 764 g/mol. The number of hydrogen-bond donors (Lipinski definition) is 4. The first kappa shape index (κ1) is 40.1. The number of hydrogen-bond acceptors (Lipinski definition) is 10. The number of amides is 1. The summed E-state index contributed by atoms with van der Waals surface area (Å²) in [5.74, 6) is -6.01. The Kier molecular flexibility index (Phi) is 12.4. The number of methoxy groups -OCH3 is 1. The highest BCUT2D eigenvalue weighted by atomic mass is 32.2. The van der Waals surface area contributed by atoms with Gasteiger partial charge in [-0.2, -0.15) is 13.2 Å². The Labute approximate surface area is 301 Å². The third-order valence-corrected chi connectivity index (χ3v) is 10.2. The van der Waals surface area contributed by atoms with Crippen molar-refractivity contribution in [1.82, 2.24) is 9.88 Å². The molecule has 18 heteroatoms. The molecule has 13 nitrogen and oxygen atoms in total. The molecule has 0 spiro atoms. The first-order valence-corrected chi connectivity index (χ1v) is 17.7. The van der Waals surface area contributed by atoms with Gasteiger partial charge < -0.3 is 35.6 Å². The number of nitrogens with zero attached hydrogens (tertiary/aromatic N) is 2. The molecular weight excluding hydrogens is 728 g/mol. The maximum atomic E-state index is 15.9. The van der Waals surface area contributed by atoms with Crippen LogP contribution in [0, 0.1) is 11.7 Å². The fourth-order valence-corrected chi connectivity index (χ4v) is 7.09. The summed E-state index contributed by atoms with van der Waals surface area (Å²) in [6, 6.07) is 13.0. The van der Waals surface area contributed by atoms with Crippen LogP contribution in [-0.4, -0.2) is 78.6 Å². The molecular formula is C35H36F4N4O9S. The van der Waals surface area contributed by atoms with Gasteiger partial charge in [0.2, 0.25) is 5.91 Å². The van der Waals surface area contributed by atoms with E-state index in [1.807, 2.05) is 0 Å². The molecule has 1 aliphatic rings. The second-order valence-corrected chi connectivity index (χ2v) is 13.9. The molecule has 5 rings (SSSR count). The summed E-state index contributed by atoms with van der Waals surface area (Å²) < 4.78 is 84.9. The number of halogens is 4. The van der Waals surface area contributed by atoms with E-state index in [2.05, 4.69) is 10.3 Å². The van der Waals surface area contributed by atoms with Crippen molar-refractivity contribution in [3.05, 3.63) is 83.8 Å². The number of pyridine rings is 1. The number of anilines is 2. The number of carboxylic acid groups (broad SMARTS) is 2. The summed E-state index contributed by atoms with van der Waals surface area (Å²) in [6.45, 7) is 3.48. The molecule has 0 saturated carbocycles. The Hall–Kier alpha value is -5.65. The largest absolute Gasteiger partial charge is 0.493 e. The highest BCUT2D eigenvalue weighted by molar-refractivity contribution is 7.91. The second-order valence-electron chi connectivity index (χ2n) is 11.6. The van der Waals surface area contributed by atoms with Gasteiger partial charge in [-0.15, -0.1) is 0 Å². The molecule has 1 fully saturated rings. The van der Waals surface area contributed by atoms with Crippen LogP contribution >= 0.6 is 0 Å². The lowest BCUT2D eigenvalue weighted by atomic mass is 9.93. The van der Waals surface area contributed by atoms with E-state index in [0.717, 1.165) is 11.5 Å². The van der Waals surface area contributed by atoms with Gasteiger partial charge in [0.25, 0.3) is 0 Å². The minimum atomic E-state index is -5.08. The Balaban J connectivity index is 0.000000815. The zero-order valence-corrected chi connectivity index (χ0v) is 29.4. The quantitative estimate of drug-likeness (QED) is 0.138. The van der Waals surface area contributed by atoms with Gasteiger partial charge in [-0.1, -0.05) is 25.1 Å². The van der Waals surface area contributed by atoms with Crippen LogP contribution in [0.4, 0.5) is 29.1 Å². The zero-order chi connectivity index (χ0) is 39.2. The number of carboxylic acids is 2. The van der Waals surface area contributed by atoms with Gasteiger partial charge in [0, 0.05) is 35.4 Å². The van der Waals surface area contributed by atoms with Gasteiger partial charge in [0.1, 0.15) is 17.7 Å². The molecule has 284 valence electrons. The number of carbonyl (C=O) groups excluding carboxylic acids is 1. The van der Waals surface area contributed by atoms with Gasteiger partial charge in [0.05, 0.1) is 36.3 Å². The number of nitrogens with one attached hydrogen (secondary N) is 1. The van der Waals surface area contributed by atoms with E-state index < -0.39 is 57.7 Å². The Morgan fingerprint density at radius 1 is 1.06 bits per heavy atom. The van der Waals surface area contributed by atoms with Crippen LogP contribution in [0.3, 0.4) is 0 Å². The lowest BCUT2D eigenvalue weighted by Crippen LogP contribution is -2.40. The zero-order valence-electron chi connectivity index (χ0n) is 28.6. The average molecular weight is 765 g/mol. The third-order valence-electron chi connectivity index (χ3n) is 8.44. The fraction of sp³-hybridized carbons (Fsp3) is 0.314. The van der Waals surface area contributed by atoms with Gasteiger partial charge in [0.15, 0.2) is 21.3 Å². The Morgan fingerprint density at radius 2 is 1.74 bits per heavy atom. The SMILES string of the molecule is CCOc1cc([C@@H](Nc2ccc3c(N)nccc3c2)C(=O)N2CCC(C(=O)O)C2c2ccccc2S(=O)(=O)CC)c(F)cc1OC.O=C(O)C(F)(F)F. The average Bonchev–Trinajstić information content (AvgIpc) is 3.57. The minimum Gasteiger partial charge on any atom is -0.493 e. The minimum absolute atomic E-state index is 0.00479. The number of alkyl halides is 3. The number of rotatable bonds is 11. The van der Waals surface area contributed by atoms with Crippen molar-refractivity contribution in [1.29, 1.82) is 0 Å². The van der Waals surface area contributed by atoms with Crippen LogP contribution < -0.4 is 20.5 Å². The van der Waals surface area contributed by atoms with Crippen molar-refractivity contribution in [2.24, 2.45) is 5.92 Å². The highest BCUT2D eigenvalue weighted by Gasteiger charge is 2.46. The molecule has 1 saturated heterocycles. The number of aromatic nitrogens is 1. The number of carbonyl (C=O) groups is 3. The number of sulfone groups is 1. The predicted octanol–water partition coefficient (Wildman–Crippen LogP) is 5.62. The molecule has 5 N–H and O–H groups in total. The Bertz CT molecular complexity index is 2120. The number of ether oxygens (including phenoxy) is 2. The maximum Gasteiger partial charge on any atom is 0.490 e. The van der Waals surface area contributed by atoms with Crippen LogP contribution in [0.2, 0.25) is 0 Å². The molecule has 0 bridgehead atoms. The molecule has 2 unspecified atom stereocenters. The van der Waals surface area contributed by atoms with E-state index in [9.17, 15) is 36.3 Å². The van der Waals surface area contributed by atoms with Crippen LogP contribution in [0.1, 0.15) is 43.5 Å². The summed E-state index contributed by atoms with van der Waals surface area (Å²) >= 11 is 0. The normalized spacial score (nSPS) is 16.3. The van der Waals surface area contributed by atoms with Crippen LogP contribution in [0.5, 0.6) is 11.5 Å². The number of nitrogens with two attached hydrogens (primary N) is 1. The van der Waals surface area contributed by atoms with E-state index in [0.29, 0.717) is 16.9 Å². The highest BCUT2D eigenvalue weighted by Crippen LogP contribution is 2.43. The summed E-state index contributed by atoms with van der Waals surface area (Å²) in [4.78, 5) is 41.5. The van der Waals surface area contributed by atoms with Gasteiger partial charge in [-0.05, 0) is 60.7 Å². The van der Waals surface area contributed by atoms with E-state index in [-0.39, 0.29) is 52.8 Å². The smallest absolute Gasteiger partial charge is 0.490 e. The van der Waals surface area contributed by atoms with Gasteiger partial charge in [-0.25, -0.2) is 22.6 Å². The van der Waals surface area contributed by atoms with Crippen LogP contribution in [0.25, 0.3) is 10.8 Å². The van der Waals surface area contributed by atoms with Crippen LogP contribution in [-0.2, 0) is 24.2 Å². The summed E-state index contributed by atoms with van der Waals surface area (Å²) in [7, 11) is -2.42. The summed E-state index contributed by atoms with van der Waals surface area (Å²) in [5.41, 5.74) is 6.59. The fourth-order valence-electron chi connectivity index (χ4n) is 5.94. The summed E-state index contributed by atoms with van der Waals surface area (Å²) in [6.07, 6.45) is -3.47. The van der Waals surface area contributed by atoms with Crippen molar-refractivity contribution < 1.29 is 60.0 Å². The van der Waals surface area contributed by atoms with E-state index in [1.54, 1.807) is 49.5 Å². The molecule has 3 atom stereocenters. The van der Waals surface area contributed by atoms with E-state index >= 15 is 4.39 Å². The summed E-state index contributed by atoms with van der Waals surface area (Å²) in [5, 5.41) is 21.9. The molecule has 53 heavy (non-hydrogen) atoms. The van der Waals surface area contributed by atoms with E-state index in [1.165, 1.54) is 37.1 Å². The number of benzene rings is 3. The number of aliphatic carboxylic acids is 2. The topological polar surface area (TPSA) is 198 Å². The lowest BCUT2D eigenvalue weighted by Gasteiger charge is -2.32. The molecule has 2 heterocycles. The van der Waals surface area contributed by atoms with Crippen molar-refractivity contribution in [3.8, 4) is 11.5 Å². The second kappa shape index (κ2) is 16.4. The van der Waals surface area contributed by atoms with Crippen molar-refractivity contribution in [2.75, 3.05) is 37.1 Å². The van der Waals surface area contributed by atoms with Gasteiger partial charge in [-0.3, -0.25) is 9.59 Å². The van der Waals surface area contributed by atoms with Gasteiger partial charge >= 0.3 is 18.1 Å². The van der Waals surface area contributed by atoms with Crippen LogP contribution in [0.15, 0.2) is 71.8 Å². The van der Waals surface area contributed by atoms with E-state index in [4.69, 9.17) is 25.1 Å². The molecule has 1 amide bonds. The molecule has 4 aromatic rings. The lowest BCUT2D eigenvalue weighted by molar-refractivity contribution is -0.192.